The molecule has 0 radical (unpaired) electrons. The molecule has 1 heterocycles. The molecule has 0 amide bonds. The Labute approximate surface area is 50.1 Å². The zero-order chi connectivity index (χ0) is 5.98. The van der Waals surface area contributed by atoms with Gasteiger partial charge in [-0.2, -0.15) is 0 Å². The third kappa shape index (κ3) is 1.46. The number of hydrogen-bond acceptors (Lipinski definition) is 2. The van der Waals surface area contributed by atoms with Crippen molar-refractivity contribution < 1.29 is 5.11 Å². The monoisotopic (exact) mass is 114 g/mol. The molecule has 0 aromatic rings. The minimum Gasteiger partial charge on any atom is -0.459 e. The summed E-state index contributed by atoms with van der Waals surface area (Å²) >= 11 is 0. The minimum atomic E-state index is -0.0620. The lowest BCUT2D eigenvalue weighted by Crippen LogP contribution is -2.31. The van der Waals surface area contributed by atoms with Gasteiger partial charge in [-0.05, 0) is 25.9 Å². The quantitative estimate of drug-likeness (QED) is 0.456. The van der Waals surface area contributed by atoms with Crippen molar-refractivity contribution in [1.29, 1.82) is 0 Å². The number of hydrogen-bond donors (Lipinski definition) is 1. The second kappa shape index (κ2) is 2.46. The van der Waals surface area contributed by atoms with Crippen LogP contribution < -0.4 is 0 Å². The number of aliphatic hydroxyl groups is 1. The molecular formula is C6H12NO-. The average Bonchev–Trinajstić information content (AvgIpc) is 1.77. The first-order chi connectivity index (χ1) is 3.79. The smallest absolute Gasteiger partial charge is 0.0562 e. The Hall–Kier alpha value is -0.0800. The molecule has 1 N–H and O–H groups in total. The van der Waals surface area contributed by atoms with E-state index in [4.69, 9.17) is 5.11 Å². The molecular weight excluding hydrogens is 102 g/mol. The molecule has 1 aliphatic heterocycles. The molecule has 48 valence electrons. The Kier molecular flexibility index (Phi) is 1.86. The molecule has 0 atom stereocenters. The predicted octanol–water partition coefficient (Wildman–Crippen LogP) is 0.235. The van der Waals surface area contributed by atoms with Gasteiger partial charge in [0.15, 0.2) is 0 Å². The summed E-state index contributed by atoms with van der Waals surface area (Å²) in [4.78, 5) is 1.99. The van der Waals surface area contributed by atoms with Crippen LogP contribution in [0.25, 0.3) is 0 Å². The number of rotatable bonds is 0. The van der Waals surface area contributed by atoms with Crippen LogP contribution in [0, 0.1) is 7.05 Å². The van der Waals surface area contributed by atoms with Gasteiger partial charge in [-0.25, -0.2) is 0 Å². The molecule has 1 rings (SSSR count). The molecule has 1 saturated heterocycles. The predicted molar refractivity (Wildman–Crippen MR) is 32.2 cm³/mol. The van der Waals surface area contributed by atoms with Gasteiger partial charge in [0, 0.05) is 0 Å². The summed E-state index contributed by atoms with van der Waals surface area (Å²) in [5.41, 5.74) is 0. The van der Waals surface area contributed by atoms with E-state index in [1.165, 1.54) is 0 Å². The highest BCUT2D eigenvalue weighted by molar-refractivity contribution is 4.69. The van der Waals surface area contributed by atoms with E-state index >= 15 is 0 Å². The second-order valence-electron chi connectivity index (χ2n) is 2.35. The molecule has 0 saturated carbocycles. The van der Waals surface area contributed by atoms with Gasteiger partial charge < -0.3 is 10.0 Å². The fourth-order valence-electron chi connectivity index (χ4n) is 0.919. The molecule has 0 aliphatic carbocycles. The van der Waals surface area contributed by atoms with E-state index in [0.717, 1.165) is 25.9 Å². The fraction of sp³-hybridized carbons (Fsp3) is 0.833. The highest BCUT2D eigenvalue weighted by Crippen LogP contribution is 2.07. The summed E-state index contributed by atoms with van der Waals surface area (Å²) in [5.74, 6) is 0. The van der Waals surface area contributed by atoms with Crippen LogP contribution in [0.4, 0.5) is 0 Å². The molecule has 2 heteroatoms. The van der Waals surface area contributed by atoms with Gasteiger partial charge in [0.05, 0.1) is 6.10 Å². The van der Waals surface area contributed by atoms with E-state index in [-0.39, 0.29) is 6.10 Å². The van der Waals surface area contributed by atoms with Crippen LogP contribution in [0.1, 0.15) is 12.8 Å². The summed E-state index contributed by atoms with van der Waals surface area (Å²) in [5, 5.41) is 8.97. The summed E-state index contributed by atoms with van der Waals surface area (Å²) in [6.45, 7) is 1.89. The van der Waals surface area contributed by atoms with Gasteiger partial charge in [-0.15, -0.1) is 0 Å². The van der Waals surface area contributed by atoms with Crippen molar-refractivity contribution in [3.8, 4) is 0 Å². The van der Waals surface area contributed by atoms with Gasteiger partial charge in [0.25, 0.3) is 0 Å². The molecule has 0 spiro atoms. The van der Waals surface area contributed by atoms with Crippen LogP contribution in [0.15, 0.2) is 0 Å². The summed E-state index contributed by atoms with van der Waals surface area (Å²) < 4.78 is 0. The van der Waals surface area contributed by atoms with Crippen LogP contribution in [-0.4, -0.2) is 29.2 Å². The Morgan fingerprint density at radius 3 is 2.25 bits per heavy atom. The van der Waals surface area contributed by atoms with Crippen LogP contribution in [0.5, 0.6) is 0 Å². The third-order valence-corrected chi connectivity index (χ3v) is 1.56. The Morgan fingerprint density at radius 2 is 1.88 bits per heavy atom. The van der Waals surface area contributed by atoms with E-state index < -0.39 is 0 Å². The van der Waals surface area contributed by atoms with Gasteiger partial charge >= 0.3 is 0 Å². The van der Waals surface area contributed by atoms with Gasteiger partial charge in [-0.3, -0.25) is 7.05 Å². The topological polar surface area (TPSA) is 23.5 Å². The molecule has 8 heavy (non-hydrogen) atoms. The van der Waals surface area contributed by atoms with Gasteiger partial charge in [0.1, 0.15) is 0 Å². The first-order valence-electron chi connectivity index (χ1n) is 3.02. The SMILES string of the molecule is [CH2-]N1CCC(O)CC1. The van der Waals surface area contributed by atoms with Crippen molar-refractivity contribution in [2.75, 3.05) is 13.1 Å². The van der Waals surface area contributed by atoms with E-state index in [1.807, 2.05) is 4.90 Å². The van der Waals surface area contributed by atoms with E-state index in [1.54, 1.807) is 0 Å². The normalized spacial score (nSPS) is 26.2. The number of aliphatic hydroxyl groups excluding tert-OH is 1. The number of piperidine rings is 1. The Morgan fingerprint density at radius 1 is 1.38 bits per heavy atom. The first kappa shape index (κ1) is 6.05. The molecule has 2 nitrogen and oxygen atoms in total. The molecule has 1 aliphatic rings. The lowest BCUT2D eigenvalue weighted by molar-refractivity contribution is 0.101. The lowest BCUT2D eigenvalue weighted by atomic mass is 10.1. The molecule has 0 bridgehead atoms. The van der Waals surface area contributed by atoms with Crippen LogP contribution in [0.3, 0.4) is 0 Å². The third-order valence-electron chi connectivity index (χ3n) is 1.56. The number of nitrogens with zero attached hydrogens (tertiary/aromatic N) is 1. The average molecular weight is 114 g/mol. The standard InChI is InChI=1S/C6H12NO/c1-7-4-2-6(8)3-5-7/h6,8H,1-5H2/q-1. The Balaban J connectivity index is 2.19. The van der Waals surface area contributed by atoms with E-state index in [0.29, 0.717) is 0 Å². The van der Waals surface area contributed by atoms with Crippen molar-refractivity contribution in [2.45, 2.75) is 18.9 Å². The second-order valence-corrected chi connectivity index (χ2v) is 2.35. The molecule has 0 unspecified atom stereocenters. The molecule has 1 fully saturated rings. The molecule has 0 aromatic carbocycles. The molecule has 0 aromatic heterocycles. The largest absolute Gasteiger partial charge is 0.459 e. The van der Waals surface area contributed by atoms with Crippen molar-refractivity contribution >= 4 is 0 Å². The highest BCUT2D eigenvalue weighted by Gasteiger charge is 2.08. The Bertz CT molecular complexity index is 56.9. The van der Waals surface area contributed by atoms with Crippen LogP contribution >= 0.6 is 0 Å². The zero-order valence-electron chi connectivity index (χ0n) is 5.01. The number of likely N-dealkylation sites (tertiary alicyclic amines) is 1. The maximum absolute atomic E-state index is 8.97. The van der Waals surface area contributed by atoms with Gasteiger partial charge in [-0.1, -0.05) is 0 Å². The maximum Gasteiger partial charge on any atom is 0.0562 e. The summed E-state index contributed by atoms with van der Waals surface area (Å²) in [6, 6.07) is 0. The first-order valence-corrected chi connectivity index (χ1v) is 3.02. The van der Waals surface area contributed by atoms with E-state index in [2.05, 4.69) is 7.05 Å². The highest BCUT2D eigenvalue weighted by atomic mass is 16.3. The fourth-order valence-corrected chi connectivity index (χ4v) is 0.919. The lowest BCUT2D eigenvalue weighted by Gasteiger charge is -2.31. The van der Waals surface area contributed by atoms with Crippen LogP contribution in [0.2, 0.25) is 0 Å². The van der Waals surface area contributed by atoms with Gasteiger partial charge in [0.2, 0.25) is 0 Å². The minimum absolute atomic E-state index is 0.0620. The maximum atomic E-state index is 8.97. The van der Waals surface area contributed by atoms with Crippen molar-refractivity contribution in [3.05, 3.63) is 7.05 Å². The summed E-state index contributed by atoms with van der Waals surface area (Å²) in [7, 11) is 3.75. The van der Waals surface area contributed by atoms with Crippen molar-refractivity contribution in [1.82, 2.24) is 4.90 Å². The summed E-state index contributed by atoms with van der Waals surface area (Å²) in [6.07, 6.45) is 1.72. The van der Waals surface area contributed by atoms with E-state index in [9.17, 15) is 0 Å². The zero-order valence-corrected chi connectivity index (χ0v) is 5.01. The van der Waals surface area contributed by atoms with Crippen LogP contribution in [-0.2, 0) is 0 Å². The van der Waals surface area contributed by atoms with Crippen molar-refractivity contribution in [3.63, 3.8) is 0 Å². The van der Waals surface area contributed by atoms with Crippen molar-refractivity contribution in [2.24, 2.45) is 0 Å².